The summed E-state index contributed by atoms with van der Waals surface area (Å²) in [6, 6.07) is 11.0. The minimum absolute atomic E-state index is 0.262. The molecule has 0 unspecified atom stereocenters. The summed E-state index contributed by atoms with van der Waals surface area (Å²) in [6.07, 6.45) is 6.61. The molecule has 3 heterocycles. The van der Waals surface area contributed by atoms with Crippen LogP contribution in [0.5, 0.6) is 0 Å². The topological polar surface area (TPSA) is 135 Å². The lowest BCUT2D eigenvalue weighted by Crippen LogP contribution is -2.25. The predicted octanol–water partition coefficient (Wildman–Crippen LogP) is 3.74. The Balaban J connectivity index is 1.69. The van der Waals surface area contributed by atoms with Gasteiger partial charge in [0.05, 0.1) is 28.0 Å². The van der Waals surface area contributed by atoms with Crippen LogP contribution in [-0.4, -0.2) is 40.7 Å². The first kappa shape index (κ1) is 24.3. The lowest BCUT2D eigenvalue weighted by atomic mass is 10.2. The lowest BCUT2D eigenvalue weighted by Gasteiger charge is -2.22. The number of nitrogens with zero attached hydrogens (tertiary/aromatic N) is 6. The molecule has 11 nitrogen and oxygen atoms in total. The molecule has 0 amide bonds. The fraction of sp³-hybridized carbons (Fsp3) is 0.136. The van der Waals surface area contributed by atoms with Gasteiger partial charge in [-0.3, -0.25) is 15.1 Å². The molecule has 1 aromatic carbocycles. The normalized spacial score (nSPS) is 12.0. The number of pyridine rings is 2. The van der Waals surface area contributed by atoms with Crippen LogP contribution in [0, 0.1) is 10.1 Å². The van der Waals surface area contributed by atoms with Gasteiger partial charge >= 0.3 is 0 Å². The van der Waals surface area contributed by atoms with Crippen molar-refractivity contribution in [3.63, 3.8) is 0 Å². The van der Waals surface area contributed by atoms with Crippen molar-refractivity contribution in [2.75, 3.05) is 11.9 Å². The fourth-order valence-corrected chi connectivity index (χ4v) is 4.93. The zero-order valence-electron chi connectivity index (χ0n) is 18.7. The molecule has 0 fully saturated rings. The second kappa shape index (κ2) is 9.80. The molecule has 180 valence electrons. The Labute approximate surface area is 209 Å². The van der Waals surface area contributed by atoms with Crippen molar-refractivity contribution < 1.29 is 13.3 Å². The Morgan fingerprint density at radius 3 is 2.69 bits per heavy atom. The number of nitro groups is 1. The summed E-state index contributed by atoms with van der Waals surface area (Å²) < 4.78 is 29.0. The number of aromatic nitrogens is 3. The SMILES string of the molecule is C/C(=N\NS(=O)(=O)c1cc([N+](=O)[O-])ccc1N(C)Cc1ccncc1)c1cnn2ccc(Br)cc12. The summed E-state index contributed by atoms with van der Waals surface area (Å²) in [7, 11) is -2.56. The van der Waals surface area contributed by atoms with Crippen LogP contribution in [0.15, 0.2) is 81.7 Å². The van der Waals surface area contributed by atoms with Gasteiger partial charge < -0.3 is 4.90 Å². The van der Waals surface area contributed by atoms with E-state index >= 15 is 0 Å². The maximum Gasteiger partial charge on any atom is 0.278 e. The molecular formula is C22H20BrN7O4S. The fourth-order valence-electron chi connectivity index (χ4n) is 3.47. The van der Waals surface area contributed by atoms with Crippen molar-refractivity contribution in [1.82, 2.24) is 19.4 Å². The third-order valence-corrected chi connectivity index (χ3v) is 6.96. The molecule has 35 heavy (non-hydrogen) atoms. The van der Waals surface area contributed by atoms with Crippen molar-refractivity contribution in [1.29, 1.82) is 0 Å². The van der Waals surface area contributed by atoms with Crippen LogP contribution in [0.4, 0.5) is 11.4 Å². The summed E-state index contributed by atoms with van der Waals surface area (Å²) in [5.74, 6) is 0. The molecule has 0 bridgehead atoms. The van der Waals surface area contributed by atoms with Crippen LogP contribution < -0.4 is 9.73 Å². The number of anilines is 1. The molecular weight excluding hydrogens is 538 g/mol. The molecule has 0 saturated heterocycles. The van der Waals surface area contributed by atoms with E-state index in [1.165, 1.54) is 12.1 Å². The lowest BCUT2D eigenvalue weighted by molar-refractivity contribution is -0.385. The minimum atomic E-state index is -4.26. The first-order valence-corrected chi connectivity index (χ1v) is 12.5. The van der Waals surface area contributed by atoms with E-state index in [4.69, 9.17) is 0 Å². The number of hydrazone groups is 1. The summed E-state index contributed by atoms with van der Waals surface area (Å²) >= 11 is 3.41. The van der Waals surface area contributed by atoms with E-state index in [-0.39, 0.29) is 16.3 Å². The van der Waals surface area contributed by atoms with Crippen LogP contribution in [0.2, 0.25) is 0 Å². The molecule has 0 aliphatic heterocycles. The highest BCUT2D eigenvalue weighted by Crippen LogP contribution is 2.30. The Morgan fingerprint density at radius 1 is 1.23 bits per heavy atom. The third-order valence-electron chi connectivity index (χ3n) is 5.23. The van der Waals surface area contributed by atoms with Crippen molar-refractivity contribution in [2.45, 2.75) is 18.4 Å². The monoisotopic (exact) mass is 557 g/mol. The molecule has 4 rings (SSSR count). The highest BCUT2D eigenvalue weighted by Gasteiger charge is 2.24. The van der Waals surface area contributed by atoms with Gasteiger partial charge in [0, 0.05) is 54.4 Å². The van der Waals surface area contributed by atoms with Crippen LogP contribution in [0.25, 0.3) is 5.52 Å². The highest BCUT2D eigenvalue weighted by molar-refractivity contribution is 9.10. The van der Waals surface area contributed by atoms with Gasteiger partial charge in [0.1, 0.15) is 4.90 Å². The van der Waals surface area contributed by atoms with E-state index in [2.05, 4.69) is 35.9 Å². The summed E-state index contributed by atoms with van der Waals surface area (Å²) in [6.45, 7) is 2.01. The zero-order valence-corrected chi connectivity index (χ0v) is 21.1. The highest BCUT2D eigenvalue weighted by atomic mass is 79.9. The zero-order chi connectivity index (χ0) is 25.2. The molecule has 0 aliphatic carbocycles. The molecule has 0 aliphatic rings. The maximum absolute atomic E-state index is 13.3. The van der Waals surface area contributed by atoms with E-state index < -0.39 is 14.9 Å². The molecule has 0 radical (unpaired) electrons. The summed E-state index contributed by atoms with van der Waals surface area (Å²) in [5, 5.41) is 19.7. The van der Waals surface area contributed by atoms with Crippen molar-refractivity contribution in [3.05, 3.63) is 93.0 Å². The smallest absolute Gasteiger partial charge is 0.278 e. The number of hydrogen-bond acceptors (Lipinski definition) is 8. The second-order valence-electron chi connectivity index (χ2n) is 7.65. The largest absolute Gasteiger partial charge is 0.369 e. The van der Waals surface area contributed by atoms with E-state index in [1.54, 1.807) is 60.3 Å². The number of hydrogen-bond donors (Lipinski definition) is 1. The average molecular weight is 558 g/mol. The summed E-state index contributed by atoms with van der Waals surface area (Å²) in [4.78, 5) is 18.3. The number of nitro benzene ring substituents is 1. The van der Waals surface area contributed by atoms with Crippen LogP contribution in [0.1, 0.15) is 18.1 Å². The number of fused-ring (bicyclic) bond motifs is 1. The molecule has 4 aromatic rings. The van der Waals surface area contributed by atoms with Crippen molar-refractivity contribution >= 4 is 48.6 Å². The number of sulfonamides is 1. The molecule has 1 N–H and O–H groups in total. The third kappa shape index (κ3) is 5.30. The van der Waals surface area contributed by atoms with E-state index in [0.717, 1.165) is 21.6 Å². The number of non-ortho nitro benzene ring substituents is 1. The van der Waals surface area contributed by atoms with Crippen LogP contribution >= 0.6 is 15.9 Å². The Bertz CT molecular complexity index is 1540. The minimum Gasteiger partial charge on any atom is -0.369 e. The second-order valence-corrected chi connectivity index (χ2v) is 10.2. The number of rotatable bonds is 8. The van der Waals surface area contributed by atoms with Gasteiger partial charge in [0.2, 0.25) is 0 Å². The predicted molar refractivity (Wildman–Crippen MR) is 135 cm³/mol. The van der Waals surface area contributed by atoms with Gasteiger partial charge in [-0.25, -0.2) is 4.52 Å². The van der Waals surface area contributed by atoms with Gasteiger partial charge in [-0.1, -0.05) is 15.9 Å². The molecule has 13 heteroatoms. The van der Waals surface area contributed by atoms with Gasteiger partial charge in [-0.15, -0.1) is 0 Å². The van der Waals surface area contributed by atoms with E-state index in [0.29, 0.717) is 17.8 Å². The number of nitrogens with one attached hydrogen (secondary N) is 1. The van der Waals surface area contributed by atoms with Crippen LogP contribution in [-0.2, 0) is 16.6 Å². The molecule has 0 spiro atoms. The van der Waals surface area contributed by atoms with E-state index in [1.807, 2.05) is 12.1 Å². The first-order chi connectivity index (χ1) is 16.7. The number of benzene rings is 1. The average Bonchev–Trinajstić information content (AvgIpc) is 3.26. The quantitative estimate of drug-likeness (QED) is 0.198. The van der Waals surface area contributed by atoms with Crippen LogP contribution in [0.3, 0.4) is 0 Å². The first-order valence-electron chi connectivity index (χ1n) is 10.2. The van der Waals surface area contributed by atoms with Crippen molar-refractivity contribution in [3.8, 4) is 0 Å². The van der Waals surface area contributed by atoms with Gasteiger partial charge in [0.15, 0.2) is 0 Å². The Morgan fingerprint density at radius 2 is 1.97 bits per heavy atom. The standard InChI is InChI=1S/C22H20BrN7O4S/c1-15(19-13-25-29-10-7-17(23)11-21(19)29)26-27-35(33,34)22-12-18(30(31)32)3-4-20(22)28(2)14-16-5-8-24-9-6-16/h3-13,27H,14H2,1-2H3/b26-15+. The van der Waals surface area contributed by atoms with E-state index in [9.17, 15) is 18.5 Å². The number of halogens is 1. The molecule has 0 saturated carbocycles. The summed E-state index contributed by atoms with van der Waals surface area (Å²) in [5.41, 5.74) is 2.56. The molecule has 3 aromatic heterocycles. The maximum atomic E-state index is 13.3. The van der Waals surface area contributed by atoms with Gasteiger partial charge in [0.25, 0.3) is 15.7 Å². The van der Waals surface area contributed by atoms with Gasteiger partial charge in [-0.2, -0.15) is 23.4 Å². The van der Waals surface area contributed by atoms with Crippen molar-refractivity contribution in [2.24, 2.45) is 5.10 Å². The van der Waals surface area contributed by atoms with Gasteiger partial charge in [-0.05, 0) is 42.8 Å². The Hall–Kier alpha value is -3.84. The Kier molecular flexibility index (Phi) is 6.80. The molecule has 0 atom stereocenters.